The second-order valence-corrected chi connectivity index (χ2v) is 3.81. The van der Waals surface area contributed by atoms with Crippen molar-refractivity contribution in [3.05, 3.63) is 36.3 Å². The van der Waals surface area contributed by atoms with Crippen molar-refractivity contribution in [3.63, 3.8) is 0 Å². The summed E-state index contributed by atoms with van der Waals surface area (Å²) in [7, 11) is 0. The van der Waals surface area contributed by atoms with E-state index in [0.29, 0.717) is 0 Å². The standard InChI is InChI=1S/C12H17NO/c1-2-5-11(4-1)7-8-13-10-12-6-3-9-14-12/h1,3-4,6,9,11,13H,2,5,7-8,10H2. The molecule has 0 aromatic carbocycles. The fourth-order valence-corrected chi connectivity index (χ4v) is 1.85. The summed E-state index contributed by atoms with van der Waals surface area (Å²) in [4.78, 5) is 0. The first-order valence-electron chi connectivity index (χ1n) is 5.35. The van der Waals surface area contributed by atoms with Crippen molar-refractivity contribution in [1.29, 1.82) is 0 Å². The van der Waals surface area contributed by atoms with E-state index < -0.39 is 0 Å². The van der Waals surface area contributed by atoms with Crippen molar-refractivity contribution in [3.8, 4) is 0 Å². The third-order valence-corrected chi connectivity index (χ3v) is 2.68. The first-order chi connectivity index (χ1) is 6.95. The molecule has 76 valence electrons. The van der Waals surface area contributed by atoms with Gasteiger partial charge in [-0.05, 0) is 43.9 Å². The Hall–Kier alpha value is -1.02. The lowest BCUT2D eigenvalue weighted by Crippen LogP contribution is -2.16. The van der Waals surface area contributed by atoms with Crippen molar-refractivity contribution < 1.29 is 4.42 Å². The van der Waals surface area contributed by atoms with Crippen molar-refractivity contribution in [2.75, 3.05) is 6.54 Å². The van der Waals surface area contributed by atoms with Crippen molar-refractivity contribution in [2.45, 2.75) is 25.8 Å². The van der Waals surface area contributed by atoms with Crippen LogP contribution in [0.25, 0.3) is 0 Å². The Morgan fingerprint density at radius 2 is 2.50 bits per heavy atom. The second-order valence-electron chi connectivity index (χ2n) is 3.81. The van der Waals surface area contributed by atoms with Crippen LogP contribution < -0.4 is 5.32 Å². The Bertz CT molecular complexity index is 277. The lowest BCUT2D eigenvalue weighted by atomic mass is 10.1. The lowest BCUT2D eigenvalue weighted by molar-refractivity contribution is 0.467. The zero-order valence-corrected chi connectivity index (χ0v) is 8.41. The van der Waals surface area contributed by atoms with Crippen LogP contribution in [0.4, 0.5) is 0 Å². The Morgan fingerprint density at radius 3 is 3.21 bits per heavy atom. The van der Waals surface area contributed by atoms with Gasteiger partial charge in [0.25, 0.3) is 0 Å². The van der Waals surface area contributed by atoms with Crippen LogP contribution in [0, 0.1) is 5.92 Å². The van der Waals surface area contributed by atoms with Crippen LogP contribution >= 0.6 is 0 Å². The number of hydrogen-bond donors (Lipinski definition) is 1. The van der Waals surface area contributed by atoms with Gasteiger partial charge in [-0.2, -0.15) is 0 Å². The van der Waals surface area contributed by atoms with E-state index in [4.69, 9.17) is 4.42 Å². The van der Waals surface area contributed by atoms with E-state index in [1.807, 2.05) is 12.1 Å². The highest BCUT2D eigenvalue weighted by molar-refractivity contribution is 4.98. The molecule has 0 radical (unpaired) electrons. The molecule has 1 N–H and O–H groups in total. The molecule has 1 aromatic heterocycles. The molecule has 0 saturated carbocycles. The predicted molar refractivity (Wildman–Crippen MR) is 56.9 cm³/mol. The summed E-state index contributed by atoms with van der Waals surface area (Å²) in [6.45, 7) is 1.93. The van der Waals surface area contributed by atoms with Gasteiger partial charge in [-0.25, -0.2) is 0 Å². The molecular formula is C12H17NO. The molecule has 14 heavy (non-hydrogen) atoms. The van der Waals surface area contributed by atoms with E-state index in [1.54, 1.807) is 6.26 Å². The highest BCUT2D eigenvalue weighted by atomic mass is 16.3. The number of nitrogens with one attached hydrogen (secondary N) is 1. The number of furan rings is 1. The fourth-order valence-electron chi connectivity index (χ4n) is 1.85. The zero-order chi connectivity index (χ0) is 9.64. The van der Waals surface area contributed by atoms with E-state index in [-0.39, 0.29) is 0 Å². The highest BCUT2D eigenvalue weighted by Crippen LogP contribution is 2.19. The van der Waals surface area contributed by atoms with Crippen LogP contribution in [-0.2, 0) is 6.54 Å². The summed E-state index contributed by atoms with van der Waals surface area (Å²) in [5.41, 5.74) is 0. The van der Waals surface area contributed by atoms with Crippen LogP contribution in [0.5, 0.6) is 0 Å². The quantitative estimate of drug-likeness (QED) is 0.572. The minimum Gasteiger partial charge on any atom is -0.468 e. The summed E-state index contributed by atoms with van der Waals surface area (Å²) in [5.74, 6) is 1.83. The Morgan fingerprint density at radius 1 is 1.50 bits per heavy atom. The van der Waals surface area contributed by atoms with Gasteiger partial charge in [0.1, 0.15) is 5.76 Å². The van der Waals surface area contributed by atoms with Crippen molar-refractivity contribution in [1.82, 2.24) is 5.32 Å². The first kappa shape index (κ1) is 9.53. The number of rotatable bonds is 5. The average Bonchev–Trinajstić information content (AvgIpc) is 2.86. The van der Waals surface area contributed by atoms with Gasteiger partial charge in [-0.3, -0.25) is 0 Å². The van der Waals surface area contributed by atoms with Gasteiger partial charge >= 0.3 is 0 Å². The van der Waals surface area contributed by atoms with E-state index in [1.165, 1.54) is 19.3 Å². The third kappa shape index (κ3) is 2.74. The molecule has 1 unspecified atom stereocenters. The van der Waals surface area contributed by atoms with Crippen LogP contribution in [0.1, 0.15) is 25.0 Å². The highest BCUT2D eigenvalue weighted by Gasteiger charge is 2.07. The van der Waals surface area contributed by atoms with Gasteiger partial charge in [-0.1, -0.05) is 12.2 Å². The fraction of sp³-hybridized carbons (Fsp3) is 0.500. The van der Waals surface area contributed by atoms with Gasteiger partial charge in [0.2, 0.25) is 0 Å². The molecule has 1 aromatic rings. The van der Waals surface area contributed by atoms with Crippen LogP contribution in [0.15, 0.2) is 35.0 Å². The Labute approximate surface area is 85.0 Å². The first-order valence-corrected chi connectivity index (χ1v) is 5.35. The van der Waals surface area contributed by atoms with Crippen LogP contribution in [0.2, 0.25) is 0 Å². The van der Waals surface area contributed by atoms with Gasteiger partial charge < -0.3 is 9.73 Å². The maximum atomic E-state index is 5.23. The smallest absolute Gasteiger partial charge is 0.117 e. The van der Waals surface area contributed by atoms with Gasteiger partial charge in [-0.15, -0.1) is 0 Å². The SMILES string of the molecule is C1=CC(CCNCc2ccco2)CC1. The summed E-state index contributed by atoms with van der Waals surface area (Å²) >= 11 is 0. The average molecular weight is 191 g/mol. The monoisotopic (exact) mass is 191 g/mol. The molecule has 0 bridgehead atoms. The summed E-state index contributed by atoms with van der Waals surface area (Å²) in [5, 5.41) is 3.39. The van der Waals surface area contributed by atoms with Gasteiger partial charge in [0, 0.05) is 0 Å². The molecule has 1 aliphatic rings. The van der Waals surface area contributed by atoms with Gasteiger partial charge in [0.05, 0.1) is 12.8 Å². The molecule has 0 fully saturated rings. The molecule has 0 aliphatic heterocycles. The molecular weight excluding hydrogens is 174 g/mol. The molecule has 0 amide bonds. The van der Waals surface area contributed by atoms with E-state index >= 15 is 0 Å². The predicted octanol–water partition coefficient (Wildman–Crippen LogP) is 2.73. The van der Waals surface area contributed by atoms with E-state index in [0.717, 1.165) is 24.8 Å². The third-order valence-electron chi connectivity index (χ3n) is 2.68. The molecule has 1 aliphatic carbocycles. The van der Waals surface area contributed by atoms with E-state index in [2.05, 4.69) is 17.5 Å². The molecule has 2 nitrogen and oxygen atoms in total. The summed E-state index contributed by atoms with van der Waals surface area (Å²) in [6, 6.07) is 3.93. The van der Waals surface area contributed by atoms with E-state index in [9.17, 15) is 0 Å². The van der Waals surface area contributed by atoms with Crippen molar-refractivity contribution in [2.24, 2.45) is 5.92 Å². The molecule has 1 heterocycles. The Kier molecular flexibility index (Phi) is 3.41. The Balaban J connectivity index is 1.57. The maximum Gasteiger partial charge on any atom is 0.117 e. The topological polar surface area (TPSA) is 25.2 Å². The summed E-state index contributed by atoms with van der Waals surface area (Å²) in [6.07, 6.45) is 10.2. The molecule has 0 saturated heterocycles. The maximum absolute atomic E-state index is 5.23. The zero-order valence-electron chi connectivity index (χ0n) is 8.41. The van der Waals surface area contributed by atoms with Crippen LogP contribution in [0.3, 0.4) is 0 Å². The molecule has 2 heteroatoms. The molecule has 2 rings (SSSR count). The second kappa shape index (κ2) is 5.01. The van der Waals surface area contributed by atoms with Crippen molar-refractivity contribution >= 4 is 0 Å². The normalized spacial score (nSPS) is 20.4. The minimum atomic E-state index is 0.805. The summed E-state index contributed by atoms with van der Waals surface area (Å²) < 4.78 is 5.23. The lowest BCUT2D eigenvalue weighted by Gasteiger charge is -2.07. The van der Waals surface area contributed by atoms with Gasteiger partial charge in [0.15, 0.2) is 0 Å². The van der Waals surface area contributed by atoms with Crippen LogP contribution in [-0.4, -0.2) is 6.54 Å². The molecule has 0 spiro atoms. The number of hydrogen-bond acceptors (Lipinski definition) is 2. The largest absolute Gasteiger partial charge is 0.468 e. The molecule has 1 atom stereocenters. The number of allylic oxidation sites excluding steroid dienone is 2. The minimum absolute atomic E-state index is 0.805.